The molecule has 0 amide bonds. The third kappa shape index (κ3) is 14.1. The third-order valence-electron chi connectivity index (χ3n) is 25.6. The molecule has 0 saturated carbocycles. The number of anilines is 6. The topological polar surface area (TPSA) is 16.3 Å². The van der Waals surface area contributed by atoms with E-state index in [1.54, 1.807) is 0 Å². The number of fused-ring (bicyclic) bond motifs is 6. The van der Waals surface area contributed by atoms with Gasteiger partial charge in [-0.2, -0.15) is 0 Å². The van der Waals surface area contributed by atoms with Gasteiger partial charge in [0.05, 0.1) is 22.8 Å². The smallest absolute Gasteiger partial charge is 0.0619 e. The Morgan fingerprint density at radius 1 is 0.159 bits per heavy atom. The zero-order chi connectivity index (χ0) is 84.7. The van der Waals surface area contributed by atoms with E-state index in [2.05, 4.69) is 532 Å². The molecular weight excluding hydrogens is 1520 g/mol. The number of para-hydroxylation sites is 2. The van der Waals surface area contributed by atoms with E-state index in [1.807, 2.05) is 0 Å². The second-order valence-electron chi connectivity index (χ2n) is 33.8. The van der Waals surface area contributed by atoms with Gasteiger partial charge in [0, 0.05) is 78.6 Å². The molecule has 0 fully saturated rings. The zero-order valence-corrected chi connectivity index (χ0v) is 71.0. The molecule has 0 unspecified atom stereocenters. The first-order chi connectivity index (χ1) is 62.1. The third-order valence-corrected chi connectivity index (χ3v) is 25.6. The fraction of sp³-hybridized carbons (Fsp3) is 0.0492. The Labute approximate surface area is 739 Å². The van der Waals surface area contributed by atoms with Crippen LogP contribution in [0, 0.1) is 0 Å². The maximum atomic E-state index is 2.48. The average molecular weight is 1610 g/mol. The van der Waals surface area contributed by atoms with E-state index in [-0.39, 0.29) is 10.8 Å². The molecule has 0 atom stereocenters. The standard InChI is InChI=1S/2C61H46N2/c1-61(2)55-31-19-18-30-53(55)54-41-40-52(42-56(54)61)62(50-36-32-44(33-37-50)43-20-8-3-9-21-43)51-38-34-46(35-39-51)58-57(45-22-10-4-11-23-45)59(47-24-12-5-13-25-47)63(49-28-16-7-17-29-49)60(58)48-26-14-6-15-27-48;1-61(2)55-31-19-18-30-53(55)54-41-40-52(42-56(54)61)62(50-36-32-44(33-37-50)43-20-8-3-9-21-43)51-38-34-48(35-39-51)60-58(46-24-12-5-13-25-46)57(45-22-10-4-11-23-45)59(47-26-14-6-15-27-47)63(60)49-28-16-7-17-29-49/h2*3-42H,1-2H3. The average Bonchev–Trinajstić information content (AvgIpc) is 1.57. The van der Waals surface area contributed by atoms with E-state index < -0.39 is 0 Å². The first-order valence-corrected chi connectivity index (χ1v) is 43.7. The highest BCUT2D eigenvalue weighted by Gasteiger charge is 2.39. The molecule has 2 aliphatic carbocycles. The Balaban J connectivity index is 0.000000154. The highest BCUT2D eigenvalue weighted by atomic mass is 15.1. The van der Waals surface area contributed by atoms with Crippen LogP contribution in [0.1, 0.15) is 49.9 Å². The van der Waals surface area contributed by atoms with Gasteiger partial charge in [0.1, 0.15) is 0 Å². The van der Waals surface area contributed by atoms with Crippen molar-refractivity contribution in [1.29, 1.82) is 0 Å². The summed E-state index contributed by atoms with van der Waals surface area (Å²) in [6.07, 6.45) is 0. The lowest BCUT2D eigenvalue weighted by Crippen LogP contribution is -2.16. The molecule has 22 rings (SSSR count). The number of nitrogens with zero attached hydrogens (tertiary/aromatic N) is 4. The first kappa shape index (κ1) is 77.4. The molecule has 4 heteroatoms. The Morgan fingerprint density at radius 2 is 0.349 bits per heavy atom. The molecule has 0 radical (unpaired) electrons. The number of rotatable bonds is 18. The fourth-order valence-corrected chi connectivity index (χ4v) is 19.6. The van der Waals surface area contributed by atoms with Gasteiger partial charge in [-0.1, -0.05) is 416 Å². The van der Waals surface area contributed by atoms with Crippen LogP contribution in [0.15, 0.2) is 485 Å². The van der Waals surface area contributed by atoms with Crippen molar-refractivity contribution in [3.8, 4) is 145 Å². The first-order valence-electron chi connectivity index (χ1n) is 43.7. The summed E-state index contributed by atoms with van der Waals surface area (Å²) >= 11 is 0. The highest BCUT2D eigenvalue weighted by Crippen LogP contribution is 2.57. The van der Waals surface area contributed by atoms with E-state index in [9.17, 15) is 0 Å². The Kier molecular flexibility index (Phi) is 20.4. The van der Waals surface area contributed by atoms with Gasteiger partial charge in [0.2, 0.25) is 0 Å². The molecule has 0 bridgehead atoms. The summed E-state index contributed by atoms with van der Waals surface area (Å²) in [7, 11) is 0. The van der Waals surface area contributed by atoms with Crippen molar-refractivity contribution >= 4 is 34.1 Å². The van der Waals surface area contributed by atoms with E-state index in [0.717, 1.165) is 96.1 Å². The molecule has 0 saturated heterocycles. The van der Waals surface area contributed by atoms with Crippen LogP contribution in [-0.2, 0) is 10.8 Å². The van der Waals surface area contributed by atoms with Crippen LogP contribution in [0.5, 0.6) is 0 Å². The Morgan fingerprint density at radius 3 is 0.635 bits per heavy atom. The lowest BCUT2D eigenvalue weighted by molar-refractivity contribution is 0.660. The van der Waals surface area contributed by atoms with E-state index >= 15 is 0 Å². The van der Waals surface area contributed by atoms with Crippen molar-refractivity contribution in [2.24, 2.45) is 0 Å². The summed E-state index contributed by atoms with van der Waals surface area (Å²) in [5.41, 5.74) is 42.8. The summed E-state index contributed by atoms with van der Waals surface area (Å²) < 4.78 is 4.95. The number of hydrogen-bond acceptors (Lipinski definition) is 2. The number of hydrogen-bond donors (Lipinski definition) is 0. The predicted molar refractivity (Wildman–Crippen MR) is 530 cm³/mol. The minimum absolute atomic E-state index is 0.126. The lowest BCUT2D eigenvalue weighted by Gasteiger charge is -2.28. The fourth-order valence-electron chi connectivity index (χ4n) is 19.6. The Hall–Kier alpha value is -15.9. The van der Waals surface area contributed by atoms with Crippen molar-refractivity contribution in [2.75, 3.05) is 9.80 Å². The summed E-state index contributed by atoms with van der Waals surface area (Å²) in [6, 6.07) is 176. The van der Waals surface area contributed by atoms with Gasteiger partial charge in [-0.05, 0) is 208 Å². The van der Waals surface area contributed by atoms with Crippen molar-refractivity contribution in [1.82, 2.24) is 9.13 Å². The minimum atomic E-state index is -0.127. The van der Waals surface area contributed by atoms with Gasteiger partial charge >= 0.3 is 0 Å². The van der Waals surface area contributed by atoms with Crippen molar-refractivity contribution in [3.63, 3.8) is 0 Å². The van der Waals surface area contributed by atoms with Crippen LogP contribution >= 0.6 is 0 Å². The van der Waals surface area contributed by atoms with Crippen LogP contribution in [0.25, 0.3) is 145 Å². The maximum Gasteiger partial charge on any atom is 0.0619 e. The van der Waals surface area contributed by atoms with E-state index in [0.29, 0.717) is 0 Å². The van der Waals surface area contributed by atoms with Crippen molar-refractivity contribution in [2.45, 2.75) is 38.5 Å². The molecule has 600 valence electrons. The predicted octanol–water partition coefficient (Wildman–Crippen LogP) is 33.2. The molecule has 2 aliphatic rings. The molecule has 0 spiro atoms. The highest BCUT2D eigenvalue weighted by molar-refractivity contribution is 6.06. The maximum absolute atomic E-state index is 2.48. The Bertz CT molecular complexity index is 6610. The summed E-state index contributed by atoms with van der Waals surface area (Å²) in [6.45, 7) is 9.42. The van der Waals surface area contributed by atoms with Crippen LogP contribution < -0.4 is 9.80 Å². The second kappa shape index (κ2) is 33.2. The van der Waals surface area contributed by atoms with Crippen LogP contribution in [0.3, 0.4) is 0 Å². The zero-order valence-electron chi connectivity index (χ0n) is 71.0. The number of aromatic nitrogens is 2. The largest absolute Gasteiger partial charge is 0.310 e. The SMILES string of the molecule is CC1(C)c2ccccc2-c2ccc(N(c3ccc(-c4ccccc4)cc3)c3ccc(-c4c(-c5ccccc5)c(-c5ccccc5)c(-c5ccccc5)n4-c4ccccc4)cc3)cc21.CC1(C)c2ccccc2-c2ccc(N(c3ccc(-c4ccccc4)cc3)c3ccc(-c4c(-c5ccccc5)c(-c5ccccc5)n(-c5ccccc5)c4-c4ccccc4)cc3)cc21. The minimum Gasteiger partial charge on any atom is -0.310 e. The van der Waals surface area contributed by atoms with Crippen LogP contribution in [-0.4, -0.2) is 9.13 Å². The van der Waals surface area contributed by atoms with E-state index in [4.69, 9.17) is 0 Å². The van der Waals surface area contributed by atoms with Gasteiger partial charge in [0.25, 0.3) is 0 Å². The quantitative estimate of drug-likeness (QED) is 0.0851. The molecule has 2 heterocycles. The summed E-state index contributed by atoms with van der Waals surface area (Å²) in [4.78, 5) is 4.83. The van der Waals surface area contributed by atoms with Gasteiger partial charge < -0.3 is 18.9 Å². The molecule has 126 heavy (non-hydrogen) atoms. The van der Waals surface area contributed by atoms with Crippen molar-refractivity contribution < 1.29 is 0 Å². The molecule has 20 aromatic rings. The molecular formula is C122H92N4. The molecule has 4 nitrogen and oxygen atoms in total. The summed E-state index contributed by atoms with van der Waals surface area (Å²) in [5.74, 6) is 0. The van der Waals surface area contributed by atoms with E-state index in [1.165, 1.54) is 106 Å². The van der Waals surface area contributed by atoms with Crippen LogP contribution in [0.2, 0.25) is 0 Å². The number of benzene rings is 18. The van der Waals surface area contributed by atoms with Gasteiger partial charge in [-0.3, -0.25) is 0 Å². The monoisotopic (exact) mass is 1610 g/mol. The summed E-state index contributed by atoms with van der Waals surface area (Å²) in [5, 5.41) is 0. The van der Waals surface area contributed by atoms with Gasteiger partial charge in [-0.25, -0.2) is 0 Å². The van der Waals surface area contributed by atoms with Gasteiger partial charge in [0.15, 0.2) is 0 Å². The molecule has 0 aliphatic heterocycles. The van der Waals surface area contributed by atoms with Crippen molar-refractivity contribution in [3.05, 3.63) is 508 Å². The second-order valence-corrected chi connectivity index (χ2v) is 33.8. The lowest BCUT2D eigenvalue weighted by atomic mass is 9.82. The molecule has 18 aromatic carbocycles. The normalized spacial score (nSPS) is 12.4. The van der Waals surface area contributed by atoms with Crippen LogP contribution in [0.4, 0.5) is 34.1 Å². The molecule has 2 aromatic heterocycles. The van der Waals surface area contributed by atoms with Gasteiger partial charge in [-0.15, -0.1) is 0 Å². The molecule has 0 N–H and O–H groups in total.